The Balaban J connectivity index is 2.43. The first-order valence-corrected chi connectivity index (χ1v) is 9.64. The normalized spacial score (nSPS) is 18.0. The Morgan fingerprint density at radius 2 is 1.92 bits per heavy atom. The number of nitrogens with one attached hydrogen (secondary N) is 2. The van der Waals surface area contributed by atoms with Gasteiger partial charge in [0.25, 0.3) is 0 Å². The maximum atomic E-state index is 11.8. The van der Waals surface area contributed by atoms with Gasteiger partial charge in [-0.15, -0.1) is 0 Å². The van der Waals surface area contributed by atoms with Gasteiger partial charge in [0.2, 0.25) is 5.91 Å². The molecule has 0 aromatic carbocycles. The van der Waals surface area contributed by atoms with Crippen molar-refractivity contribution in [2.24, 2.45) is 16.3 Å². The van der Waals surface area contributed by atoms with Crippen molar-refractivity contribution >= 4 is 11.9 Å². The summed E-state index contributed by atoms with van der Waals surface area (Å²) in [4.78, 5) is 17.8. The van der Waals surface area contributed by atoms with Crippen molar-refractivity contribution in [3.63, 3.8) is 0 Å². The zero-order valence-electron chi connectivity index (χ0n) is 16.9. The maximum absolute atomic E-state index is 11.8. The number of aliphatic imine (C=N–C) groups is 1. The lowest BCUT2D eigenvalue weighted by atomic mass is 9.73. The van der Waals surface area contributed by atoms with Crippen LogP contribution in [0.15, 0.2) is 4.99 Å². The van der Waals surface area contributed by atoms with Crippen molar-refractivity contribution in [3.05, 3.63) is 0 Å². The third kappa shape index (κ3) is 9.68. The molecule has 0 aromatic heterocycles. The van der Waals surface area contributed by atoms with Crippen LogP contribution in [-0.4, -0.2) is 63.7 Å². The van der Waals surface area contributed by atoms with Crippen LogP contribution in [0.3, 0.4) is 0 Å². The van der Waals surface area contributed by atoms with Crippen LogP contribution in [0.2, 0.25) is 0 Å². The molecular formula is C19H38N4O2. The van der Waals surface area contributed by atoms with E-state index in [1.165, 1.54) is 25.7 Å². The van der Waals surface area contributed by atoms with E-state index in [0.717, 1.165) is 38.7 Å². The summed E-state index contributed by atoms with van der Waals surface area (Å²) in [5.74, 6) is 1.43. The predicted molar refractivity (Wildman–Crippen MR) is 104 cm³/mol. The average molecular weight is 355 g/mol. The second-order valence-corrected chi connectivity index (χ2v) is 7.92. The summed E-state index contributed by atoms with van der Waals surface area (Å²) < 4.78 is 5.36. The van der Waals surface area contributed by atoms with Crippen molar-refractivity contribution < 1.29 is 9.53 Å². The van der Waals surface area contributed by atoms with E-state index in [-0.39, 0.29) is 12.5 Å². The molecule has 1 fully saturated rings. The van der Waals surface area contributed by atoms with E-state index < -0.39 is 0 Å². The van der Waals surface area contributed by atoms with Crippen LogP contribution in [0.1, 0.15) is 52.9 Å². The monoisotopic (exact) mass is 354 g/mol. The molecule has 1 saturated carbocycles. The summed E-state index contributed by atoms with van der Waals surface area (Å²) in [6, 6.07) is 0. The van der Waals surface area contributed by atoms with Gasteiger partial charge >= 0.3 is 0 Å². The third-order valence-electron chi connectivity index (χ3n) is 4.85. The summed E-state index contributed by atoms with van der Waals surface area (Å²) in [6.45, 7) is 10.1. The van der Waals surface area contributed by atoms with E-state index in [9.17, 15) is 4.79 Å². The Labute approximate surface area is 153 Å². The van der Waals surface area contributed by atoms with Gasteiger partial charge in [0.15, 0.2) is 5.96 Å². The summed E-state index contributed by atoms with van der Waals surface area (Å²) >= 11 is 0. The van der Waals surface area contributed by atoms with E-state index in [2.05, 4.69) is 29.5 Å². The van der Waals surface area contributed by atoms with Crippen LogP contribution >= 0.6 is 0 Å². The molecule has 0 spiro atoms. The molecule has 2 N–H and O–H groups in total. The lowest BCUT2D eigenvalue weighted by Crippen LogP contribution is -2.42. The van der Waals surface area contributed by atoms with Crippen molar-refractivity contribution in [1.29, 1.82) is 0 Å². The number of ether oxygens (including phenoxy) is 1. The zero-order valence-corrected chi connectivity index (χ0v) is 16.9. The first kappa shape index (κ1) is 21.7. The number of rotatable bonds is 9. The number of guanidine groups is 1. The first-order chi connectivity index (χ1) is 11.8. The highest BCUT2D eigenvalue weighted by Crippen LogP contribution is 2.37. The van der Waals surface area contributed by atoms with Gasteiger partial charge in [0.05, 0.1) is 0 Å². The van der Waals surface area contributed by atoms with E-state index in [1.54, 1.807) is 19.0 Å². The molecule has 0 heterocycles. The number of hydrogen-bond acceptors (Lipinski definition) is 3. The highest BCUT2D eigenvalue weighted by molar-refractivity contribution is 5.84. The standard InChI is InChI=1S/C19H38N4O2/c1-6-25-13-7-12-20-18(22-15-17(24)23(4)5)21-14-16-8-10-19(2,3)11-9-16/h16H,6-15H2,1-5H3,(H2,20,21,22). The molecule has 1 rings (SSSR count). The molecule has 1 aliphatic carbocycles. The van der Waals surface area contributed by atoms with Crippen LogP contribution in [0.25, 0.3) is 0 Å². The Morgan fingerprint density at radius 1 is 1.24 bits per heavy atom. The lowest BCUT2D eigenvalue weighted by Gasteiger charge is -2.34. The second kappa shape index (κ2) is 11.3. The van der Waals surface area contributed by atoms with Crippen LogP contribution in [0.4, 0.5) is 0 Å². The number of nitrogens with zero attached hydrogens (tertiary/aromatic N) is 2. The van der Waals surface area contributed by atoms with Crippen molar-refractivity contribution in [3.8, 4) is 0 Å². The van der Waals surface area contributed by atoms with E-state index in [4.69, 9.17) is 4.74 Å². The fraction of sp³-hybridized carbons (Fsp3) is 0.895. The van der Waals surface area contributed by atoms with Gasteiger partial charge in [-0.05, 0) is 50.4 Å². The molecule has 6 heteroatoms. The van der Waals surface area contributed by atoms with Crippen LogP contribution < -0.4 is 10.6 Å². The number of carbonyl (C=O) groups excluding carboxylic acids is 1. The highest BCUT2D eigenvalue weighted by atomic mass is 16.5. The van der Waals surface area contributed by atoms with Crippen LogP contribution in [0, 0.1) is 11.3 Å². The summed E-state index contributed by atoms with van der Waals surface area (Å²) in [7, 11) is 3.51. The van der Waals surface area contributed by atoms with Gasteiger partial charge in [0.1, 0.15) is 6.54 Å². The van der Waals surface area contributed by atoms with Gasteiger partial charge in [0, 0.05) is 40.4 Å². The van der Waals surface area contributed by atoms with E-state index in [1.807, 2.05) is 6.92 Å². The molecule has 25 heavy (non-hydrogen) atoms. The Bertz CT molecular complexity index is 412. The van der Waals surface area contributed by atoms with Crippen molar-refractivity contribution in [2.45, 2.75) is 52.9 Å². The number of carbonyl (C=O) groups is 1. The molecular weight excluding hydrogens is 316 g/mol. The minimum absolute atomic E-state index is 0.00910. The number of amides is 1. The molecule has 1 amide bonds. The molecule has 0 saturated heterocycles. The lowest BCUT2D eigenvalue weighted by molar-refractivity contribution is -0.127. The van der Waals surface area contributed by atoms with Crippen LogP contribution in [0.5, 0.6) is 0 Å². The smallest absolute Gasteiger partial charge is 0.243 e. The van der Waals surface area contributed by atoms with Crippen molar-refractivity contribution in [1.82, 2.24) is 15.5 Å². The molecule has 0 bridgehead atoms. The SMILES string of the molecule is CCOCCCNC(=NCC(=O)N(C)C)NCC1CCC(C)(C)CC1. The molecule has 0 atom stereocenters. The predicted octanol–water partition coefficient (Wildman–Crippen LogP) is 2.25. The minimum atomic E-state index is 0.00910. The van der Waals surface area contributed by atoms with Gasteiger partial charge in [-0.2, -0.15) is 0 Å². The largest absolute Gasteiger partial charge is 0.382 e. The summed E-state index contributed by atoms with van der Waals surface area (Å²) in [5, 5.41) is 6.75. The number of likely N-dealkylation sites (N-methyl/N-ethyl adjacent to an activating group) is 1. The van der Waals surface area contributed by atoms with Gasteiger partial charge in [-0.25, -0.2) is 4.99 Å². The van der Waals surface area contributed by atoms with E-state index >= 15 is 0 Å². The second-order valence-electron chi connectivity index (χ2n) is 7.92. The Hall–Kier alpha value is -1.30. The average Bonchev–Trinajstić information content (AvgIpc) is 2.57. The fourth-order valence-corrected chi connectivity index (χ4v) is 2.89. The third-order valence-corrected chi connectivity index (χ3v) is 4.85. The maximum Gasteiger partial charge on any atom is 0.243 e. The van der Waals surface area contributed by atoms with Gasteiger partial charge in [-0.3, -0.25) is 4.79 Å². The molecule has 0 unspecified atom stereocenters. The molecule has 6 nitrogen and oxygen atoms in total. The molecule has 146 valence electrons. The van der Waals surface area contributed by atoms with Gasteiger partial charge < -0.3 is 20.3 Å². The van der Waals surface area contributed by atoms with Gasteiger partial charge in [-0.1, -0.05) is 13.8 Å². The Morgan fingerprint density at radius 3 is 2.52 bits per heavy atom. The quantitative estimate of drug-likeness (QED) is 0.379. The Kier molecular flexibility index (Phi) is 9.86. The number of hydrogen-bond donors (Lipinski definition) is 2. The molecule has 1 aliphatic rings. The fourth-order valence-electron chi connectivity index (χ4n) is 2.89. The zero-order chi connectivity index (χ0) is 18.7. The topological polar surface area (TPSA) is 66.0 Å². The molecule has 0 radical (unpaired) electrons. The summed E-state index contributed by atoms with van der Waals surface area (Å²) in [5.41, 5.74) is 0.489. The van der Waals surface area contributed by atoms with E-state index in [0.29, 0.717) is 11.3 Å². The highest BCUT2D eigenvalue weighted by Gasteiger charge is 2.26. The van der Waals surface area contributed by atoms with Crippen molar-refractivity contribution in [2.75, 3.05) is 46.9 Å². The summed E-state index contributed by atoms with van der Waals surface area (Å²) in [6.07, 6.45) is 6.01. The minimum Gasteiger partial charge on any atom is -0.382 e. The van der Waals surface area contributed by atoms with Crippen LogP contribution in [-0.2, 0) is 9.53 Å². The first-order valence-electron chi connectivity index (χ1n) is 9.64. The molecule has 0 aliphatic heterocycles. The molecule has 0 aromatic rings.